The Labute approximate surface area is 110 Å². The molecule has 0 unspecified atom stereocenters. The van der Waals surface area contributed by atoms with Crippen molar-refractivity contribution in [2.75, 3.05) is 11.1 Å². The predicted octanol–water partition coefficient (Wildman–Crippen LogP) is 3.09. The summed E-state index contributed by atoms with van der Waals surface area (Å²) in [5.74, 6) is 0.602. The third-order valence-electron chi connectivity index (χ3n) is 2.85. The summed E-state index contributed by atoms with van der Waals surface area (Å²) in [6, 6.07) is 7.77. The number of nitrogen functional groups attached to an aromatic ring is 1. The molecule has 2 aromatic rings. The second-order valence-corrected chi connectivity index (χ2v) is 4.61. The molecule has 0 fully saturated rings. The third-order valence-corrected chi connectivity index (χ3v) is 3.13. The minimum Gasteiger partial charge on any atom is -0.397 e. The fourth-order valence-corrected chi connectivity index (χ4v) is 2.15. The highest BCUT2D eigenvalue weighted by atomic mass is 35.5. The number of aromatic nitrogens is 1. The third kappa shape index (κ3) is 2.12. The van der Waals surface area contributed by atoms with Gasteiger partial charge in [-0.1, -0.05) is 17.7 Å². The van der Waals surface area contributed by atoms with E-state index in [2.05, 4.69) is 22.4 Å². The summed E-state index contributed by atoms with van der Waals surface area (Å²) < 4.78 is 5.37. The lowest BCUT2D eigenvalue weighted by Gasteiger charge is -2.09. The molecule has 0 spiro atoms. The highest BCUT2D eigenvalue weighted by Crippen LogP contribution is 2.28. The molecule has 0 atom stereocenters. The van der Waals surface area contributed by atoms with Crippen molar-refractivity contribution in [1.29, 1.82) is 0 Å². The number of fused-ring (bicyclic) bond motifs is 1. The maximum absolute atomic E-state index is 6.07. The molecule has 4 nitrogen and oxygen atoms in total. The van der Waals surface area contributed by atoms with Gasteiger partial charge in [0.15, 0.2) is 0 Å². The van der Waals surface area contributed by atoms with Gasteiger partial charge in [0.25, 0.3) is 0 Å². The molecular weight excluding hydrogens is 250 g/mol. The maximum atomic E-state index is 6.07. The van der Waals surface area contributed by atoms with Crippen LogP contribution in [0.3, 0.4) is 0 Å². The second-order valence-electron chi connectivity index (χ2n) is 4.20. The Balaban J connectivity index is 1.88. The fraction of sp³-hybridized carbons (Fsp3) is 0.154. The Morgan fingerprint density at radius 2 is 2.06 bits per heavy atom. The number of nitrogens with zero attached hydrogens (tertiary/aromatic N) is 1. The van der Waals surface area contributed by atoms with Gasteiger partial charge >= 0.3 is 0 Å². The number of pyridine rings is 1. The zero-order valence-electron chi connectivity index (χ0n) is 9.61. The number of hydrogen-bond acceptors (Lipinski definition) is 4. The topological polar surface area (TPSA) is 60.2 Å². The SMILES string of the molecule is Nc1cnc(Nc2ccc3c(c2)COC3)c(Cl)c1. The molecule has 5 heteroatoms. The van der Waals surface area contributed by atoms with Gasteiger partial charge in [0.2, 0.25) is 0 Å². The molecule has 3 N–H and O–H groups in total. The Bertz CT molecular complexity index is 601. The number of benzene rings is 1. The monoisotopic (exact) mass is 261 g/mol. The van der Waals surface area contributed by atoms with Crippen molar-refractivity contribution in [2.24, 2.45) is 0 Å². The first-order valence-electron chi connectivity index (χ1n) is 5.60. The second kappa shape index (κ2) is 4.48. The van der Waals surface area contributed by atoms with Crippen LogP contribution in [0, 0.1) is 0 Å². The van der Waals surface area contributed by atoms with Gasteiger partial charge in [0.05, 0.1) is 30.1 Å². The zero-order chi connectivity index (χ0) is 12.5. The number of rotatable bonds is 2. The van der Waals surface area contributed by atoms with Crippen LogP contribution in [-0.4, -0.2) is 4.98 Å². The number of hydrogen-bond donors (Lipinski definition) is 2. The van der Waals surface area contributed by atoms with Crippen molar-refractivity contribution in [2.45, 2.75) is 13.2 Å². The van der Waals surface area contributed by atoms with Crippen molar-refractivity contribution < 1.29 is 4.74 Å². The van der Waals surface area contributed by atoms with Crippen molar-refractivity contribution in [1.82, 2.24) is 4.98 Å². The smallest absolute Gasteiger partial charge is 0.149 e. The van der Waals surface area contributed by atoms with Crippen molar-refractivity contribution in [3.05, 3.63) is 46.6 Å². The first-order chi connectivity index (χ1) is 8.72. The van der Waals surface area contributed by atoms with E-state index >= 15 is 0 Å². The van der Waals surface area contributed by atoms with E-state index in [4.69, 9.17) is 22.1 Å². The highest BCUT2D eigenvalue weighted by molar-refractivity contribution is 6.33. The van der Waals surface area contributed by atoms with Gasteiger partial charge in [-0.15, -0.1) is 0 Å². The number of nitrogens with two attached hydrogens (primary N) is 1. The number of anilines is 3. The van der Waals surface area contributed by atoms with Crippen LogP contribution >= 0.6 is 11.6 Å². The van der Waals surface area contributed by atoms with E-state index in [0.717, 1.165) is 5.69 Å². The summed E-state index contributed by atoms with van der Waals surface area (Å²) in [6.45, 7) is 1.35. The van der Waals surface area contributed by atoms with E-state index in [1.54, 1.807) is 12.3 Å². The van der Waals surface area contributed by atoms with Gasteiger partial charge < -0.3 is 15.8 Å². The van der Waals surface area contributed by atoms with Crippen LogP contribution in [0.2, 0.25) is 5.02 Å². The molecule has 1 aromatic carbocycles. The van der Waals surface area contributed by atoms with Gasteiger partial charge in [-0.25, -0.2) is 4.98 Å². The van der Waals surface area contributed by atoms with E-state index in [0.29, 0.717) is 29.7 Å². The van der Waals surface area contributed by atoms with Gasteiger partial charge in [-0.2, -0.15) is 0 Å². The molecule has 0 aliphatic carbocycles. The lowest BCUT2D eigenvalue weighted by molar-refractivity contribution is 0.134. The van der Waals surface area contributed by atoms with Crippen LogP contribution in [-0.2, 0) is 18.0 Å². The summed E-state index contributed by atoms with van der Waals surface area (Å²) in [5.41, 5.74) is 9.53. The molecule has 2 heterocycles. The fourth-order valence-electron chi connectivity index (χ4n) is 1.93. The van der Waals surface area contributed by atoms with Crippen LogP contribution < -0.4 is 11.1 Å². The number of nitrogens with one attached hydrogen (secondary N) is 1. The quantitative estimate of drug-likeness (QED) is 0.872. The normalized spacial score (nSPS) is 13.4. The Kier molecular flexibility index (Phi) is 2.81. The van der Waals surface area contributed by atoms with Crippen LogP contribution in [0.4, 0.5) is 17.2 Å². The molecule has 3 rings (SSSR count). The van der Waals surface area contributed by atoms with E-state index in [1.807, 2.05) is 6.07 Å². The average molecular weight is 262 g/mol. The van der Waals surface area contributed by atoms with Crippen LogP contribution in [0.25, 0.3) is 0 Å². The molecule has 0 amide bonds. The molecule has 0 saturated heterocycles. The molecule has 92 valence electrons. The number of halogens is 1. The lowest BCUT2D eigenvalue weighted by Crippen LogP contribution is -1.97. The van der Waals surface area contributed by atoms with E-state index in [1.165, 1.54) is 11.1 Å². The van der Waals surface area contributed by atoms with E-state index in [-0.39, 0.29) is 0 Å². The van der Waals surface area contributed by atoms with E-state index in [9.17, 15) is 0 Å². The van der Waals surface area contributed by atoms with Crippen LogP contribution in [0.1, 0.15) is 11.1 Å². The summed E-state index contributed by atoms with van der Waals surface area (Å²) in [7, 11) is 0. The molecular formula is C13H12ClN3O. The average Bonchev–Trinajstić information content (AvgIpc) is 2.80. The molecule has 0 saturated carbocycles. The van der Waals surface area contributed by atoms with Crippen molar-refractivity contribution >= 4 is 28.8 Å². The largest absolute Gasteiger partial charge is 0.397 e. The van der Waals surface area contributed by atoms with E-state index < -0.39 is 0 Å². The Morgan fingerprint density at radius 3 is 2.89 bits per heavy atom. The van der Waals surface area contributed by atoms with Gasteiger partial charge in [0, 0.05) is 5.69 Å². The van der Waals surface area contributed by atoms with Crippen molar-refractivity contribution in [3.63, 3.8) is 0 Å². The van der Waals surface area contributed by atoms with Crippen LogP contribution in [0.15, 0.2) is 30.5 Å². The summed E-state index contributed by atoms with van der Waals surface area (Å²) in [5, 5.41) is 3.68. The summed E-state index contributed by atoms with van der Waals surface area (Å²) in [4.78, 5) is 4.17. The summed E-state index contributed by atoms with van der Waals surface area (Å²) >= 11 is 6.07. The zero-order valence-corrected chi connectivity index (χ0v) is 10.4. The molecule has 18 heavy (non-hydrogen) atoms. The first kappa shape index (κ1) is 11.3. The van der Waals surface area contributed by atoms with Gasteiger partial charge in [-0.05, 0) is 29.3 Å². The minimum atomic E-state index is 0.506. The van der Waals surface area contributed by atoms with Gasteiger partial charge in [0.1, 0.15) is 5.82 Å². The van der Waals surface area contributed by atoms with Crippen LogP contribution in [0.5, 0.6) is 0 Å². The molecule has 1 aromatic heterocycles. The lowest BCUT2D eigenvalue weighted by atomic mass is 10.1. The minimum absolute atomic E-state index is 0.506. The highest BCUT2D eigenvalue weighted by Gasteiger charge is 2.11. The molecule has 1 aliphatic rings. The Hall–Kier alpha value is -1.78. The molecule has 1 aliphatic heterocycles. The number of ether oxygens (including phenoxy) is 1. The Morgan fingerprint density at radius 1 is 1.22 bits per heavy atom. The summed E-state index contributed by atoms with van der Waals surface area (Å²) in [6.07, 6.45) is 1.57. The predicted molar refractivity (Wildman–Crippen MR) is 71.9 cm³/mol. The first-order valence-corrected chi connectivity index (χ1v) is 5.98. The van der Waals surface area contributed by atoms with Crippen molar-refractivity contribution in [3.8, 4) is 0 Å². The van der Waals surface area contributed by atoms with Gasteiger partial charge in [-0.3, -0.25) is 0 Å². The standard InChI is InChI=1S/C13H12ClN3O/c14-12-4-10(15)5-16-13(12)17-11-2-1-8-6-18-7-9(8)3-11/h1-5H,6-7,15H2,(H,16,17). The molecule has 0 bridgehead atoms. The molecule has 0 radical (unpaired) electrons. The maximum Gasteiger partial charge on any atom is 0.149 e.